The van der Waals surface area contributed by atoms with Crippen LogP contribution in [0.2, 0.25) is 0 Å². The smallest absolute Gasteiger partial charge is 0.177 e. The molecule has 4 nitrogen and oxygen atoms in total. The van der Waals surface area contributed by atoms with Crippen LogP contribution in [-0.4, -0.2) is 26.2 Å². The fourth-order valence-electron chi connectivity index (χ4n) is 1.76. The monoisotopic (exact) mass is 296 g/mol. The largest absolute Gasteiger partial charge is 0.383 e. The molecule has 102 valence electrons. The van der Waals surface area contributed by atoms with Gasteiger partial charge in [-0.3, -0.25) is 0 Å². The van der Waals surface area contributed by atoms with Crippen molar-refractivity contribution >= 4 is 26.9 Å². The van der Waals surface area contributed by atoms with Crippen molar-refractivity contribution in [3.05, 3.63) is 40.8 Å². The molecule has 0 saturated carbocycles. The Morgan fingerprint density at radius 2 is 2.11 bits per heavy atom. The molecule has 1 N–H and O–H groups in total. The summed E-state index contributed by atoms with van der Waals surface area (Å²) >= 11 is 1.61. The molecule has 0 fully saturated rings. The topological polar surface area (TPSA) is 59.1 Å². The van der Waals surface area contributed by atoms with Gasteiger partial charge in [-0.15, -0.1) is 11.3 Å². The first-order valence-corrected chi connectivity index (χ1v) is 8.68. The third-order valence-corrected chi connectivity index (χ3v) is 4.92. The van der Waals surface area contributed by atoms with Crippen molar-refractivity contribution in [2.45, 2.75) is 17.7 Å². The van der Waals surface area contributed by atoms with E-state index in [1.165, 1.54) is 6.26 Å². The van der Waals surface area contributed by atoms with Gasteiger partial charge in [0.15, 0.2) is 9.84 Å². The van der Waals surface area contributed by atoms with E-state index in [0.29, 0.717) is 17.1 Å². The third kappa shape index (κ3) is 3.54. The quantitative estimate of drug-likeness (QED) is 0.921. The molecule has 6 heteroatoms. The zero-order valence-electron chi connectivity index (χ0n) is 10.8. The van der Waals surface area contributed by atoms with Crippen LogP contribution in [0.3, 0.4) is 0 Å². The molecule has 0 aliphatic carbocycles. The van der Waals surface area contributed by atoms with Gasteiger partial charge in [0, 0.05) is 30.3 Å². The molecule has 2 rings (SSSR count). The fraction of sp³-hybridized carbons (Fsp3) is 0.308. The zero-order chi connectivity index (χ0) is 13.9. The minimum absolute atomic E-state index is 0.243. The second kappa shape index (κ2) is 5.71. The number of anilines is 1. The molecule has 1 atom stereocenters. The minimum Gasteiger partial charge on any atom is -0.383 e. The molecule has 0 amide bonds. The van der Waals surface area contributed by atoms with E-state index in [1.807, 2.05) is 11.4 Å². The molecule has 0 saturated heterocycles. The maximum absolute atomic E-state index is 11.7. The Labute approximate surface area is 117 Å². The van der Waals surface area contributed by atoms with Crippen molar-refractivity contribution in [2.24, 2.45) is 0 Å². The summed E-state index contributed by atoms with van der Waals surface area (Å²) in [6, 6.07) is 6.95. The number of rotatable bonds is 5. The average molecular weight is 296 g/mol. The van der Waals surface area contributed by atoms with Crippen LogP contribution in [0.1, 0.15) is 17.8 Å². The Morgan fingerprint density at radius 1 is 1.37 bits per heavy atom. The average Bonchev–Trinajstić information content (AvgIpc) is 2.89. The van der Waals surface area contributed by atoms with E-state index in [-0.39, 0.29) is 5.92 Å². The van der Waals surface area contributed by atoms with E-state index < -0.39 is 9.84 Å². The van der Waals surface area contributed by atoms with Gasteiger partial charge in [0.2, 0.25) is 0 Å². The first-order valence-electron chi connectivity index (χ1n) is 5.91. The highest BCUT2D eigenvalue weighted by Crippen LogP contribution is 2.23. The van der Waals surface area contributed by atoms with Crippen LogP contribution in [0.25, 0.3) is 0 Å². The molecule has 19 heavy (non-hydrogen) atoms. The van der Waals surface area contributed by atoms with Crippen LogP contribution in [0.15, 0.2) is 40.7 Å². The Hall–Kier alpha value is -1.40. The maximum atomic E-state index is 11.7. The summed E-state index contributed by atoms with van der Waals surface area (Å²) < 4.78 is 23.4. The number of sulfone groups is 1. The molecule has 0 aliphatic rings. The standard InChI is InChI=1S/C13H16N2O2S2/c1-10(13-14-7-8-18-13)9-15-11-5-3-4-6-12(11)19(2,16)17/h3-8,10,15H,9H2,1-2H3. The van der Waals surface area contributed by atoms with Gasteiger partial charge >= 0.3 is 0 Å². The van der Waals surface area contributed by atoms with E-state index in [1.54, 1.807) is 35.7 Å². The lowest BCUT2D eigenvalue weighted by Gasteiger charge is -2.13. The summed E-state index contributed by atoms with van der Waals surface area (Å²) in [5.41, 5.74) is 0.647. The number of nitrogens with zero attached hydrogens (tertiary/aromatic N) is 1. The summed E-state index contributed by atoms with van der Waals surface area (Å²) in [6.45, 7) is 2.72. The lowest BCUT2D eigenvalue weighted by molar-refractivity contribution is 0.602. The first-order chi connectivity index (χ1) is 8.98. The number of benzene rings is 1. The van der Waals surface area contributed by atoms with Crippen molar-refractivity contribution in [1.82, 2.24) is 4.98 Å². The molecule has 0 aliphatic heterocycles. The van der Waals surface area contributed by atoms with Crippen molar-refractivity contribution in [1.29, 1.82) is 0 Å². The van der Waals surface area contributed by atoms with E-state index in [4.69, 9.17) is 0 Å². The molecule has 1 unspecified atom stereocenters. The predicted octanol–water partition coefficient (Wildman–Crippen LogP) is 2.76. The number of thiazole rings is 1. The lowest BCUT2D eigenvalue weighted by atomic mass is 10.2. The van der Waals surface area contributed by atoms with Crippen LogP contribution < -0.4 is 5.32 Å². The second-order valence-electron chi connectivity index (χ2n) is 4.42. The fourth-order valence-corrected chi connectivity index (χ4v) is 3.33. The van der Waals surface area contributed by atoms with Crippen LogP contribution in [0.5, 0.6) is 0 Å². The van der Waals surface area contributed by atoms with Crippen LogP contribution in [-0.2, 0) is 9.84 Å². The number of aromatic nitrogens is 1. The lowest BCUT2D eigenvalue weighted by Crippen LogP contribution is -2.12. The van der Waals surface area contributed by atoms with E-state index in [2.05, 4.69) is 17.2 Å². The highest BCUT2D eigenvalue weighted by Gasteiger charge is 2.14. The number of hydrogen-bond donors (Lipinski definition) is 1. The van der Waals surface area contributed by atoms with Crippen molar-refractivity contribution in [3.63, 3.8) is 0 Å². The summed E-state index contributed by atoms with van der Waals surface area (Å²) in [4.78, 5) is 4.59. The number of nitrogens with one attached hydrogen (secondary N) is 1. The van der Waals surface area contributed by atoms with E-state index in [9.17, 15) is 8.42 Å². The summed E-state index contributed by atoms with van der Waals surface area (Å²) in [5, 5.41) is 6.18. The highest BCUT2D eigenvalue weighted by molar-refractivity contribution is 7.90. The summed E-state index contributed by atoms with van der Waals surface area (Å²) in [5.74, 6) is 0.243. The van der Waals surface area contributed by atoms with Gasteiger partial charge in [-0.25, -0.2) is 13.4 Å². The molecular formula is C13H16N2O2S2. The van der Waals surface area contributed by atoms with Crippen molar-refractivity contribution < 1.29 is 8.42 Å². The second-order valence-corrected chi connectivity index (χ2v) is 7.33. The molecule has 0 spiro atoms. The highest BCUT2D eigenvalue weighted by atomic mass is 32.2. The first kappa shape index (κ1) is 14.0. The SMILES string of the molecule is CC(CNc1ccccc1S(C)(=O)=O)c1nccs1. The minimum atomic E-state index is -3.21. The molecule has 1 aromatic carbocycles. The normalized spacial score (nSPS) is 13.2. The Bertz CT molecular complexity index is 636. The molecule has 0 radical (unpaired) electrons. The van der Waals surface area contributed by atoms with Crippen molar-refractivity contribution in [2.75, 3.05) is 18.1 Å². The molecule has 2 aromatic rings. The van der Waals surface area contributed by atoms with Crippen molar-refractivity contribution in [3.8, 4) is 0 Å². The summed E-state index contributed by atoms with van der Waals surface area (Å²) in [6.07, 6.45) is 3.00. The molecular weight excluding hydrogens is 280 g/mol. The predicted molar refractivity (Wildman–Crippen MR) is 78.6 cm³/mol. The van der Waals surface area contributed by atoms with E-state index >= 15 is 0 Å². The van der Waals surface area contributed by atoms with Crippen LogP contribution >= 0.6 is 11.3 Å². The van der Waals surface area contributed by atoms with Gasteiger partial charge < -0.3 is 5.32 Å². The van der Waals surface area contributed by atoms with Gasteiger partial charge in [-0.05, 0) is 12.1 Å². The molecule has 1 aromatic heterocycles. The zero-order valence-corrected chi connectivity index (χ0v) is 12.5. The number of hydrogen-bond acceptors (Lipinski definition) is 5. The maximum Gasteiger partial charge on any atom is 0.177 e. The van der Waals surface area contributed by atoms with Gasteiger partial charge in [0.05, 0.1) is 15.6 Å². The Kier molecular flexibility index (Phi) is 4.21. The molecule has 1 heterocycles. The van der Waals surface area contributed by atoms with Gasteiger partial charge in [0.1, 0.15) is 0 Å². The molecule has 0 bridgehead atoms. The van der Waals surface area contributed by atoms with Crippen LogP contribution in [0.4, 0.5) is 5.69 Å². The third-order valence-electron chi connectivity index (χ3n) is 2.76. The van der Waals surface area contributed by atoms with E-state index in [0.717, 1.165) is 5.01 Å². The summed E-state index contributed by atoms with van der Waals surface area (Å²) in [7, 11) is -3.21. The Balaban J connectivity index is 2.12. The van der Waals surface area contributed by atoms with Crippen LogP contribution in [0, 0.1) is 0 Å². The van der Waals surface area contributed by atoms with Gasteiger partial charge in [-0.2, -0.15) is 0 Å². The van der Waals surface area contributed by atoms with Gasteiger partial charge in [0.25, 0.3) is 0 Å². The van der Waals surface area contributed by atoms with Gasteiger partial charge in [-0.1, -0.05) is 19.1 Å². The number of para-hydroxylation sites is 1. The Morgan fingerprint density at radius 3 is 2.74 bits per heavy atom.